The topological polar surface area (TPSA) is 69.7 Å². The van der Waals surface area contributed by atoms with Crippen LogP contribution in [-0.2, 0) is 6.61 Å². The summed E-state index contributed by atoms with van der Waals surface area (Å²) in [5, 5.41) is 3.47. The van der Waals surface area contributed by atoms with Crippen LogP contribution in [0.15, 0.2) is 47.7 Å². The first-order valence-corrected chi connectivity index (χ1v) is 5.77. The number of rotatable bonds is 5. The summed E-state index contributed by atoms with van der Waals surface area (Å²) in [4.78, 5) is 4.19. The van der Waals surface area contributed by atoms with Gasteiger partial charge in [-0.2, -0.15) is 5.10 Å². The average molecular weight is 257 g/mol. The molecule has 1 aromatic heterocycles. The first-order valence-electron chi connectivity index (χ1n) is 5.77. The maximum atomic E-state index is 5.68. The van der Waals surface area contributed by atoms with E-state index in [4.69, 9.17) is 15.3 Å². The lowest BCUT2D eigenvalue weighted by Crippen LogP contribution is -2.00. The summed E-state index contributed by atoms with van der Waals surface area (Å²) in [6.07, 6.45) is 3.28. The van der Waals surface area contributed by atoms with Crippen LogP contribution in [0.1, 0.15) is 11.3 Å². The molecule has 1 aromatic carbocycles. The zero-order valence-electron chi connectivity index (χ0n) is 10.6. The minimum absolute atomic E-state index is 0.390. The Morgan fingerprint density at radius 3 is 2.84 bits per heavy atom. The van der Waals surface area contributed by atoms with Crippen molar-refractivity contribution in [3.05, 3.63) is 53.9 Å². The van der Waals surface area contributed by atoms with Crippen molar-refractivity contribution < 1.29 is 9.47 Å². The molecule has 0 fully saturated rings. The monoisotopic (exact) mass is 257 g/mol. The predicted molar refractivity (Wildman–Crippen MR) is 73.3 cm³/mol. The molecule has 19 heavy (non-hydrogen) atoms. The van der Waals surface area contributed by atoms with E-state index in [9.17, 15) is 0 Å². The van der Waals surface area contributed by atoms with E-state index in [1.165, 1.54) is 0 Å². The molecule has 2 aromatic rings. The fourth-order valence-electron chi connectivity index (χ4n) is 1.60. The van der Waals surface area contributed by atoms with Crippen LogP contribution in [0.3, 0.4) is 0 Å². The van der Waals surface area contributed by atoms with Gasteiger partial charge < -0.3 is 15.3 Å². The van der Waals surface area contributed by atoms with Crippen molar-refractivity contribution in [2.75, 3.05) is 7.11 Å². The van der Waals surface area contributed by atoms with Crippen molar-refractivity contribution in [1.82, 2.24) is 4.98 Å². The summed E-state index contributed by atoms with van der Waals surface area (Å²) in [7, 11) is 1.59. The molecule has 0 saturated heterocycles. The van der Waals surface area contributed by atoms with Gasteiger partial charge in [0.05, 0.1) is 19.0 Å². The largest absolute Gasteiger partial charge is 0.493 e. The SMILES string of the molecule is COc1cc(C=NN)ccc1OCc1ccccn1. The van der Waals surface area contributed by atoms with E-state index in [1.54, 1.807) is 19.5 Å². The highest BCUT2D eigenvalue weighted by Gasteiger charge is 2.05. The molecule has 0 aliphatic carbocycles. The molecule has 5 nitrogen and oxygen atoms in total. The van der Waals surface area contributed by atoms with Gasteiger partial charge in [-0.1, -0.05) is 6.07 Å². The third-order valence-electron chi connectivity index (χ3n) is 2.51. The summed E-state index contributed by atoms with van der Waals surface area (Å²) >= 11 is 0. The Balaban J connectivity index is 2.11. The summed E-state index contributed by atoms with van der Waals surface area (Å²) in [6.45, 7) is 0.390. The first-order chi connectivity index (χ1) is 9.33. The van der Waals surface area contributed by atoms with Crippen LogP contribution in [0.2, 0.25) is 0 Å². The van der Waals surface area contributed by atoms with Crippen molar-refractivity contribution in [3.8, 4) is 11.5 Å². The molecule has 0 unspecified atom stereocenters. The van der Waals surface area contributed by atoms with Crippen LogP contribution in [0, 0.1) is 0 Å². The Morgan fingerprint density at radius 2 is 2.16 bits per heavy atom. The van der Waals surface area contributed by atoms with Crippen molar-refractivity contribution in [3.63, 3.8) is 0 Å². The lowest BCUT2D eigenvalue weighted by molar-refractivity contribution is 0.280. The number of hydrogen-bond donors (Lipinski definition) is 1. The number of ether oxygens (including phenoxy) is 2. The van der Waals surface area contributed by atoms with Crippen LogP contribution in [0.4, 0.5) is 0 Å². The molecule has 2 rings (SSSR count). The van der Waals surface area contributed by atoms with Crippen molar-refractivity contribution >= 4 is 6.21 Å². The van der Waals surface area contributed by atoms with Gasteiger partial charge in [-0.05, 0) is 35.9 Å². The van der Waals surface area contributed by atoms with Gasteiger partial charge in [-0.25, -0.2) is 0 Å². The van der Waals surface area contributed by atoms with Gasteiger partial charge in [0.25, 0.3) is 0 Å². The summed E-state index contributed by atoms with van der Waals surface area (Å²) in [5.41, 5.74) is 1.71. The van der Waals surface area contributed by atoms with Gasteiger partial charge in [0.15, 0.2) is 11.5 Å². The molecule has 5 heteroatoms. The van der Waals surface area contributed by atoms with Crippen LogP contribution in [0.25, 0.3) is 0 Å². The molecule has 0 atom stereocenters. The van der Waals surface area contributed by atoms with Crippen molar-refractivity contribution in [2.45, 2.75) is 6.61 Å². The normalized spacial score (nSPS) is 10.6. The minimum Gasteiger partial charge on any atom is -0.493 e. The second-order valence-electron chi connectivity index (χ2n) is 3.80. The number of benzene rings is 1. The number of methoxy groups -OCH3 is 1. The average Bonchev–Trinajstić information content (AvgIpc) is 2.47. The van der Waals surface area contributed by atoms with E-state index in [0.29, 0.717) is 18.1 Å². The molecule has 0 saturated carbocycles. The molecular weight excluding hydrogens is 242 g/mol. The Morgan fingerprint density at radius 1 is 1.26 bits per heavy atom. The molecular formula is C14H15N3O2. The summed E-state index contributed by atoms with van der Waals surface area (Å²) in [6, 6.07) is 11.2. The number of aromatic nitrogens is 1. The lowest BCUT2D eigenvalue weighted by Gasteiger charge is -2.10. The van der Waals surface area contributed by atoms with Crippen LogP contribution in [0.5, 0.6) is 11.5 Å². The molecule has 1 heterocycles. The number of hydrogen-bond acceptors (Lipinski definition) is 5. The van der Waals surface area contributed by atoms with Gasteiger partial charge >= 0.3 is 0 Å². The van der Waals surface area contributed by atoms with Gasteiger partial charge in [-0.3, -0.25) is 4.98 Å². The number of nitrogens with two attached hydrogens (primary N) is 1. The second kappa shape index (κ2) is 6.39. The van der Waals surface area contributed by atoms with Crippen molar-refractivity contribution in [1.29, 1.82) is 0 Å². The lowest BCUT2D eigenvalue weighted by atomic mass is 10.2. The molecule has 2 N–H and O–H groups in total. The predicted octanol–water partition coefficient (Wildman–Crippen LogP) is 1.96. The second-order valence-corrected chi connectivity index (χ2v) is 3.80. The Kier molecular flexibility index (Phi) is 4.34. The highest BCUT2D eigenvalue weighted by Crippen LogP contribution is 2.28. The number of pyridine rings is 1. The molecule has 0 aliphatic heterocycles. The van der Waals surface area contributed by atoms with E-state index >= 15 is 0 Å². The maximum absolute atomic E-state index is 5.68. The number of nitrogens with zero attached hydrogens (tertiary/aromatic N) is 2. The van der Waals surface area contributed by atoms with Crippen molar-refractivity contribution in [2.24, 2.45) is 10.9 Å². The van der Waals surface area contributed by atoms with Crippen LogP contribution in [-0.4, -0.2) is 18.3 Å². The Hall–Kier alpha value is -2.56. The zero-order chi connectivity index (χ0) is 13.5. The van der Waals surface area contributed by atoms with Crippen LogP contribution < -0.4 is 15.3 Å². The molecule has 0 aliphatic rings. The smallest absolute Gasteiger partial charge is 0.161 e. The van der Waals surface area contributed by atoms with Gasteiger partial charge in [-0.15, -0.1) is 0 Å². The maximum Gasteiger partial charge on any atom is 0.161 e. The number of hydrazone groups is 1. The first kappa shape index (κ1) is 12.9. The van der Waals surface area contributed by atoms with Crippen LogP contribution >= 0.6 is 0 Å². The van der Waals surface area contributed by atoms with E-state index < -0.39 is 0 Å². The highest BCUT2D eigenvalue weighted by atomic mass is 16.5. The molecule has 0 spiro atoms. The highest BCUT2D eigenvalue weighted by molar-refractivity contribution is 5.80. The third-order valence-corrected chi connectivity index (χ3v) is 2.51. The quantitative estimate of drug-likeness (QED) is 0.505. The summed E-state index contributed by atoms with van der Waals surface area (Å²) < 4.78 is 11.0. The van der Waals surface area contributed by atoms with E-state index in [-0.39, 0.29) is 0 Å². The van der Waals surface area contributed by atoms with E-state index in [2.05, 4.69) is 10.1 Å². The zero-order valence-corrected chi connectivity index (χ0v) is 10.6. The Labute approximate surface area is 111 Å². The van der Waals surface area contributed by atoms with E-state index in [0.717, 1.165) is 11.3 Å². The molecule has 98 valence electrons. The molecule has 0 radical (unpaired) electrons. The standard InChI is InChI=1S/C14H15N3O2/c1-18-14-8-11(9-17-15)5-6-13(14)19-10-12-4-2-3-7-16-12/h2-9H,10,15H2,1H3. The van der Waals surface area contributed by atoms with Gasteiger partial charge in [0, 0.05) is 6.20 Å². The van der Waals surface area contributed by atoms with Gasteiger partial charge in [0.2, 0.25) is 0 Å². The third kappa shape index (κ3) is 3.45. The minimum atomic E-state index is 0.390. The van der Waals surface area contributed by atoms with Gasteiger partial charge in [0.1, 0.15) is 6.61 Å². The van der Waals surface area contributed by atoms with E-state index in [1.807, 2.05) is 36.4 Å². The fourth-order valence-corrected chi connectivity index (χ4v) is 1.60. The molecule has 0 bridgehead atoms. The Bertz CT molecular complexity index is 556. The fraction of sp³-hybridized carbons (Fsp3) is 0.143. The summed E-state index contributed by atoms with van der Waals surface area (Å²) in [5.74, 6) is 6.40. The molecule has 0 amide bonds.